The van der Waals surface area contributed by atoms with Gasteiger partial charge in [-0.25, -0.2) is 0 Å². The van der Waals surface area contributed by atoms with Crippen LogP contribution in [0.2, 0.25) is 0 Å². The first-order chi connectivity index (χ1) is 7.91. The third-order valence-corrected chi connectivity index (χ3v) is 4.79. The molecular weight excluding hydrogens is 206 g/mol. The minimum atomic E-state index is 0.763. The molecule has 0 heterocycles. The third-order valence-electron chi connectivity index (χ3n) is 4.79. The Labute approximate surface area is 109 Å². The fourth-order valence-electron chi connectivity index (χ4n) is 3.35. The van der Waals surface area contributed by atoms with E-state index in [0.29, 0.717) is 0 Å². The first-order valence-corrected chi connectivity index (χ1v) is 7.65. The molecule has 1 N–H and O–H groups in total. The smallest absolute Gasteiger partial charge is 0.00953 e. The first kappa shape index (κ1) is 15.0. The van der Waals surface area contributed by atoms with Gasteiger partial charge in [0.2, 0.25) is 0 Å². The van der Waals surface area contributed by atoms with Crippen molar-refractivity contribution in [3.05, 3.63) is 0 Å². The Morgan fingerprint density at radius 2 is 1.59 bits per heavy atom. The Hall–Kier alpha value is -0.0400. The van der Waals surface area contributed by atoms with Crippen LogP contribution >= 0.6 is 0 Å². The number of nitrogens with one attached hydrogen (secondary N) is 1. The summed E-state index contributed by atoms with van der Waals surface area (Å²) in [7, 11) is 0. The van der Waals surface area contributed by atoms with Gasteiger partial charge < -0.3 is 5.32 Å². The summed E-state index contributed by atoms with van der Waals surface area (Å²) in [5, 5.41) is 3.86. The van der Waals surface area contributed by atoms with Crippen LogP contribution in [0.4, 0.5) is 0 Å². The van der Waals surface area contributed by atoms with Crippen molar-refractivity contribution in [2.24, 2.45) is 29.6 Å². The van der Waals surface area contributed by atoms with Gasteiger partial charge in [0.15, 0.2) is 0 Å². The highest BCUT2D eigenvalue weighted by atomic mass is 14.9. The van der Waals surface area contributed by atoms with Gasteiger partial charge in [0.05, 0.1) is 0 Å². The molecule has 1 fully saturated rings. The molecule has 1 nitrogen and oxygen atoms in total. The zero-order valence-electron chi connectivity index (χ0n) is 12.8. The molecule has 0 aromatic rings. The van der Waals surface area contributed by atoms with Gasteiger partial charge >= 0.3 is 0 Å². The van der Waals surface area contributed by atoms with E-state index in [0.717, 1.165) is 35.6 Å². The molecule has 102 valence electrons. The fourth-order valence-corrected chi connectivity index (χ4v) is 3.35. The molecule has 1 aliphatic rings. The molecule has 3 atom stereocenters. The quantitative estimate of drug-likeness (QED) is 0.753. The molecular formula is C16H33N. The predicted octanol–water partition coefficient (Wildman–Crippen LogP) is 4.33. The Morgan fingerprint density at radius 1 is 1.00 bits per heavy atom. The van der Waals surface area contributed by atoms with E-state index in [1.807, 2.05) is 0 Å². The van der Waals surface area contributed by atoms with Crippen molar-refractivity contribution in [3.63, 3.8) is 0 Å². The number of hydrogen-bond donors (Lipinski definition) is 1. The standard InChI is InChI=1S/C16H33N/c1-11(2)15(12(3)4)10-17-16-9-13(5)7-8-14(16)6/h11-17H,7-10H2,1-6H3. The zero-order chi connectivity index (χ0) is 13.0. The highest BCUT2D eigenvalue weighted by Crippen LogP contribution is 2.29. The molecule has 1 heteroatoms. The van der Waals surface area contributed by atoms with Crippen LogP contribution in [0.15, 0.2) is 0 Å². The largest absolute Gasteiger partial charge is 0.313 e. The maximum atomic E-state index is 3.86. The summed E-state index contributed by atoms with van der Waals surface area (Å²) >= 11 is 0. The Bertz CT molecular complexity index is 202. The van der Waals surface area contributed by atoms with Crippen molar-refractivity contribution >= 4 is 0 Å². The van der Waals surface area contributed by atoms with Crippen molar-refractivity contribution < 1.29 is 0 Å². The summed E-state index contributed by atoms with van der Waals surface area (Å²) in [5.74, 6) is 4.18. The van der Waals surface area contributed by atoms with E-state index in [1.165, 1.54) is 25.8 Å². The van der Waals surface area contributed by atoms with Gasteiger partial charge in [-0.2, -0.15) is 0 Å². The second kappa shape index (κ2) is 6.78. The van der Waals surface area contributed by atoms with Gasteiger partial charge in [-0.1, -0.05) is 48.0 Å². The molecule has 1 aliphatic carbocycles. The van der Waals surface area contributed by atoms with Gasteiger partial charge in [-0.3, -0.25) is 0 Å². The minimum absolute atomic E-state index is 0.763. The number of rotatable bonds is 5. The monoisotopic (exact) mass is 239 g/mol. The highest BCUT2D eigenvalue weighted by Gasteiger charge is 2.26. The van der Waals surface area contributed by atoms with Crippen molar-refractivity contribution in [2.75, 3.05) is 6.54 Å². The van der Waals surface area contributed by atoms with E-state index in [-0.39, 0.29) is 0 Å². The Balaban J connectivity index is 2.42. The van der Waals surface area contributed by atoms with Gasteiger partial charge in [-0.15, -0.1) is 0 Å². The predicted molar refractivity (Wildman–Crippen MR) is 77.1 cm³/mol. The lowest BCUT2D eigenvalue weighted by atomic mass is 9.79. The van der Waals surface area contributed by atoms with Gasteiger partial charge in [-0.05, 0) is 49.0 Å². The first-order valence-electron chi connectivity index (χ1n) is 7.65. The van der Waals surface area contributed by atoms with E-state index in [1.54, 1.807) is 0 Å². The summed E-state index contributed by atoms with van der Waals surface area (Å²) in [6.07, 6.45) is 4.22. The molecule has 0 radical (unpaired) electrons. The van der Waals surface area contributed by atoms with Gasteiger partial charge in [0.1, 0.15) is 0 Å². The van der Waals surface area contributed by atoms with Crippen LogP contribution in [0.3, 0.4) is 0 Å². The van der Waals surface area contributed by atoms with E-state index < -0.39 is 0 Å². The van der Waals surface area contributed by atoms with E-state index >= 15 is 0 Å². The summed E-state index contributed by atoms with van der Waals surface area (Å²) < 4.78 is 0. The van der Waals surface area contributed by atoms with Crippen LogP contribution in [-0.4, -0.2) is 12.6 Å². The molecule has 0 spiro atoms. The van der Waals surface area contributed by atoms with Gasteiger partial charge in [0, 0.05) is 6.04 Å². The second-order valence-corrected chi connectivity index (χ2v) is 7.06. The SMILES string of the molecule is CC1CCC(C)C(NCC(C(C)C)C(C)C)C1. The summed E-state index contributed by atoms with van der Waals surface area (Å²) in [6, 6.07) is 0.763. The van der Waals surface area contributed by atoms with E-state index in [2.05, 4.69) is 46.9 Å². The molecule has 0 aromatic heterocycles. The van der Waals surface area contributed by atoms with Crippen LogP contribution < -0.4 is 5.32 Å². The van der Waals surface area contributed by atoms with Crippen LogP contribution in [0.25, 0.3) is 0 Å². The lowest BCUT2D eigenvalue weighted by Crippen LogP contribution is -2.43. The lowest BCUT2D eigenvalue weighted by Gasteiger charge is -2.36. The number of hydrogen-bond acceptors (Lipinski definition) is 1. The molecule has 0 bridgehead atoms. The van der Waals surface area contributed by atoms with Crippen molar-refractivity contribution in [2.45, 2.75) is 66.8 Å². The molecule has 1 rings (SSSR count). The molecule has 0 aliphatic heterocycles. The van der Waals surface area contributed by atoms with Crippen LogP contribution in [-0.2, 0) is 0 Å². The molecule has 0 amide bonds. The molecule has 17 heavy (non-hydrogen) atoms. The average molecular weight is 239 g/mol. The molecule has 1 saturated carbocycles. The minimum Gasteiger partial charge on any atom is -0.313 e. The molecule has 0 aromatic carbocycles. The summed E-state index contributed by atoms with van der Waals surface area (Å²) in [4.78, 5) is 0. The van der Waals surface area contributed by atoms with Crippen molar-refractivity contribution in [3.8, 4) is 0 Å². The topological polar surface area (TPSA) is 12.0 Å². The van der Waals surface area contributed by atoms with Crippen LogP contribution in [0, 0.1) is 29.6 Å². The maximum Gasteiger partial charge on any atom is 0.00953 e. The zero-order valence-corrected chi connectivity index (χ0v) is 12.8. The molecule has 3 unspecified atom stereocenters. The average Bonchev–Trinajstić information content (AvgIpc) is 2.22. The highest BCUT2D eigenvalue weighted by molar-refractivity contribution is 4.82. The lowest BCUT2D eigenvalue weighted by molar-refractivity contribution is 0.197. The van der Waals surface area contributed by atoms with Gasteiger partial charge in [0.25, 0.3) is 0 Å². The Morgan fingerprint density at radius 3 is 2.12 bits per heavy atom. The third kappa shape index (κ3) is 4.62. The van der Waals surface area contributed by atoms with Crippen LogP contribution in [0.1, 0.15) is 60.8 Å². The van der Waals surface area contributed by atoms with Crippen molar-refractivity contribution in [1.82, 2.24) is 5.32 Å². The Kier molecular flexibility index (Phi) is 5.99. The molecule has 0 saturated heterocycles. The summed E-state index contributed by atoms with van der Waals surface area (Å²) in [6.45, 7) is 15.5. The van der Waals surface area contributed by atoms with E-state index in [9.17, 15) is 0 Å². The van der Waals surface area contributed by atoms with Crippen LogP contribution in [0.5, 0.6) is 0 Å². The van der Waals surface area contributed by atoms with Crippen molar-refractivity contribution in [1.29, 1.82) is 0 Å². The fraction of sp³-hybridized carbons (Fsp3) is 1.00. The van der Waals surface area contributed by atoms with E-state index in [4.69, 9.17) is 0 Å². The summed E-state index contributed by atoms with van der Waals surface area (Å²) in [5.41, 5.74) is 0. The second-order valence-electron chi connectivity index (χ2n) is 7.06. The normalized spacial score (nSPS) is 30.5. The maximum absolute atomic E-state index is 3.86.